The number of benzene rings is 2. The summed E-state index contributed by atoms with van der Waals surface area (Å²) in [6.45, 7) is 2.98. The van der Waals surface area contributed by atoms with Crippen molar-refractivity contribution in [3.8, 4) is 16.9 Å². The van der Waals surface area contributed by atoms with Gasteiger partial charge in [-0.25, -0.2) is 0 Å². The lowest BCUT2D eigenvalue weighted by molar-refractivity contribution is 0.413. The van der Waals surface area contributed by atoms with Gasteiger partial charge in [0, 0.05) is 26.2 Å². The normalized spacial score (nSPS) is 16.6. The highest BCUT2D eigenvalue weighted by Crippen LogP contribution is 2.33. The number of rotatable bonds is 4. The van der Waals surface area contributed by atoms with Crippen molar-refractivity contribution in [2.24, 2.45) is 0 Å². The molecular weight excluding hydrogens is 376 g/mol. The second-order valence-corrected chi connectivity index (χ2v) is 8.22. The molecule has 0 N–H and O–H groups in total. The third-order valence-electron chi connectivity index (χ3n) is 6.54. The number of ether oxygens (including phenoxy) is 1. The molecule has 5 heteroatoms. The van der Waals surface area contributed by atoms with Gasteiger partial charge in [-0.15, -0.1) is 0 Å². The van der Waals surface area contributed by atoms with E-state index in [1.54, 1.807) is 7.11 Å². The van der Waals surface area contributed by atoms with Crippen LogP contribution in [-0.2, 0) is 12.8 Å². The molecule has 3 aromatic carbocycles. The summed E-state index contributed by atoms with van der Waals surface area (Å²) in [4.78, 5) is 29.4. The number of aryl methyl sites for hydroxylation is 2. The Morgan fingerprint density at radius 2 is 1.50 bits per heavy atom. The quantitative estimate of drug-likeness (QED) is 0.628. The van der Waals surface area contributed by atoms with Crippen molar-refractivity contribution < 1.29 is 4.74 Å². The second kappa shape index (κ2) is 7.63. The first-order valence-electron chi connectivity index (χ1n) is 10.8. The fourth-order valence-corrected chi connectivity index (χ4v) is 4.90. The Morgan fingerprint density at radius 3 is 2.27 bits per heavy atom. The summed E-state index contributed by atoms with van der Waals surface area (Å²) < 4.78 is 5.49. The number of hydrogen-bond donors (Lipinski definition) is 0. The topological polar surface area (TPSA) is 49.9 Å². The molecule has 3 aromatic rings. The van der Waals surface area contributed by atoms with Crippen molar-refractivity contribution in [3.63, 3.8) is 0 Å². The van der Waals surface area contributed by atoms with Crippen LogP contribution in [0, 0.1) is 0 Å². The zero-order valence-electron chi connectivity index (χ0n) is 17.3. The lowest BCUT2D eigenvalue weighted by Crippen LogP contribution is -2.51. The maximum Gasteiger partial charge on any atom is 0.250 e. The summed E-state index contributed by atoms with van der Waals surface area (Å²) in [5.41, 5.74) is 5.23. The minimum atomic E-state index is -0.340. The Labute approximate surface area is 176 Å². The predicted octanol–water partition coefficient (Wildman–Crippen LogP) is 3.16. The molecule has 5 rings (SSSR count). The van der Waals surface area contributed by atoms with Crippen LogP contribution in [0.5, 0.6) is 5.75 Å². The summed E-state index contributed by atoms with van der Waals surface area (Å²) in [6, 6.07) is 14.3. The Morgan fingerprint density at radius 1 is 0.800 bits per heavy atom. The molecule has 0 unspecified atom stereocenters. The van der Waals surface area contributed by atoms with E-state index in [-0.39, 0.29) is 10.9 Å². The molecular formula is C25H26N2O3. The molecule has 0 spiro atoms. The number of nitrogens with zero attached hydrogens (tertiary/aromatic N) is 2. The Balaban J connectivity index is 1.39. The third kappa shape index (κ3) is 3.09. The summed E-state index contributed by atoms with van der Waals surface area (Å²) in [5, 5.41) is 0. The standard InChI is InChI=1S/C25H26N2O3/c1-30-21-9-5-4-8-20(21)26-12-14-27(15-13-26)23-22(24(28)25(23)29)19-11-10-17-6-2-3-7-18(17)16-19/h4-5,8-11,16H,2-3,6-7,12-15H2,1H3. The van der Waals surface area contributed by atoms with E-state index in [4.69, 9.17) is 4.74 Å². The number of hydrogen-bond acceptors (Lipinski definition) is 5. The summed E-state index contributed by atoms with van der Waals surface area (Å²) in [7, 11) is 1.68. The monoisotopic (exact) mass is 402 g/mol. The molecule has 30 heavy (non-hydrogen) atoms. The van der Waals surface area contributed by atoms with Gasteiger partial charge in [-0.2, -0.15) is 0 Å². The van der Waals surface area contributed by atoms with Crippen LogP contribution in [0.1, 0.15) is 24.0 Å². The van der Waals surface area contributed by atoms with E-state index < -0.39 is 0 Å². The lowest BCUT2D eigenvalue weighted by Gasteiger charge is -2.38. The molecule has 154 valence electrons. The third-order valence-corrected chi connectivity index (χ3v) is 6.54. The SMILES string of the molecule is COc1ccccc1N1CCN(c2c(-c3ccc4c(c3)CCCC4)c(=O)c2=O)CC1. The van der Waals surface area contributed by atoms with E-state index in [0.717, 1.165) is 42.9 Å². The second-order valence-electron chi connectivity index (χ2n) is 8.22. The molecule has 0 atom stereocenters. The number of piperazine rings is 1. The zero-order valence-corrected chi connectivity index (χ0v) is 17.3. The van der Waals surface area contributed by atoms with Crippen LogP contribution >= 0.6 is 0 Å². The largest absolute Gasteiger partial charge is 0.495 e. The molecule has 1 heterocycles. The molecule has 0 radical (unpaired) electrons. The van der Waals surface area contributed by atoms with Crippen LogP contribution in [-0.4, -0.2) is 33.3 Å². The van der Waals surface area contributed by atoms with Crippen molar-refractivity contribution in [1.82, 2.24) is 0 Å². The van der Waals surface area contributed by atoms with Gasteiger partial charge in [-0.1, -0.05) is 30.3 Å². The maximum absolute atomic E-state index is 12.5. The molecule has 1 aliphatic heterocycles. The first-order valence-corrected chi connectivity index (χ1v) is 10.8. The Bertz CT molecular complexity index is 1150. The highest BCUT2D eigenvalue weighted by molar-refractivity contribution is 5.83. The first kappa shape index (κ1) is 18.9. The molecule has 1 aliphatic carbocycles. The van der Waals surface area contributed by atoms with Gasteiger partial charge < -0.3 is 14.5 Å². The van der Waals surface area contributed by atoms with Gasteiger partial charge in [0.15, 0.2) is 0 Å². The van der Waals surface area contributed by atoms with Crippen LogP contribution in [0.2, 0.25) is 0 Å². The van der Waals surface area contributed by atoms with E-state index >= 15 is 0 Å². The molecule has 0 aromatic heterocycles. The zero-order chi connectivity index (χ0) is 20.7. The minimum absolute atomic E-state index is 0.339. The van der Waals surface area contributed by atoms with Crippen LogP contribution in [0.4, 0.5) is 11.4 Å². The van der Waals surface area contributed by atoms with Crippen LogP contribution in [0.15, 0.2) is 52.1 Å². The van der Waals surface area contributed by atoms with Gasteiger partial charge in [0.2, 0.25) is 10.9 Å². The highest BCUT2D eigenvalue weighted by atomic mass is 16.5. The van der Waals surface area contributed by atoms with E-state index in [2.05, 4.69) is 28.0 Å². The number of fused-ring (bicyclic) bond motifs is 1. The van der Waals surface area contributed by atoms with Crippen molar-refractivity contribution in [2.45, 2.75) is 25.7 Å². The first-order chi connectivity index (χ1) is 14.7. The average Bonchev–Trinajstić information content (AvgIpc) is 2.81. The summed E-state index contributed by atoms with van der Waals surface area (Å²) in [5.74, 6) is 0.856. The van der Waals surface area contributed by atoms with E-state index in [0.29, 0.717) is 24.3 Å². The summed E-state index contributed by atoms with van der Waals surface area (Å²) in [6.07, 6.45) is 4.60. The predicted molar refractivity (Wildman–Crippen MR) is 121 cm³/mol. The smallest absolute Gasteiger partial charge is 0.250 e. The Hall–Kier alpha value is -3.08. The van der Waals surface area contributed by atoms with Gasteiger partial charge in [0.1, 0.15) is 11.4 Å². The van der Waals surface area contributed by atoms with Crippen LogP contribution in [0.3, 0.4) is 0 Å². The maximum atomic E-state index is 12.5. The van der Waals surface area contributed by atoms with Crippen molar-refractivity contribution in [2.75, 3.05) is 43.1 Å². The van der Waals surface area contributed by atoms with E-state index in [1.807, 2.05) is 24.3 Å². The number of para-hydroxylation sites is 2. The minimum Gasteiger partial charge on any atom is -0.495 e. The number of methoxy groups -OCH3 is 1. The van der Waals surface area contributed by atoms with Gasteiger partial charge in [0.25, 0.3) is 0 Å². The van der Waals surface area contributed by atoms with Gasteiger partial charge in [-0.3, -0.25) is 9.59 Å². The van der Waals surface area contributed by atoms with Crippen LogP contribution in [0.25, 0.3) is 11.1 Å². The molecule has 1 fully saturated rings. The molecule has 0 bridgehead atoms. The van der Waals surface area contributed by atoms with E-state index in [1.165, 1.54) is 24.0 Å². The van der Waals surface area contributed by atoms with Gasteiger partial charge in [-0.05, 0) is 54.5 Å². The molecule has 0 amide bonds. The molecule has 0 saturated carbocycles. The molecule has 1 saturated heterocycles. The van der Waals surface area contributed by atoms with Crippen molar-refractivity contribution in [3.05, 3.63) is 74.0 Å². The Kier molecular flexibility index (Phi) is 4.81. The van der Waals surface area contributed by atoms with Gasteiger partial charge in [0.05, 0.1) is 18.4 Å². The fourth-order valence-electron chi connectivity index (χ4n) is 4.90. The molecule has 2 aliphatic rings. The average molecular weight is 402 g/mol. The number of anilines is 2. The van der Waals surface area contributed by atoms with Crippen LogP contribution < -0.4 is 25.4 Å². The van der Waals surface area contributed by atoms with Gasteiger partial charge >= 0.3 is 0 Å². The van der Waals surface area contributed by atoms with Crippen molar-refractivity contribution in [1.29, 1.82) is 0 Å². The summed E-state index contributed by atoms with van der Waals surface area (Å²) >= 11 is 0. The fraction of sp³-hybridized carbons (Fsp3) is 0.360. The van der Waals surface area contributed by atoms with E-state index in [9.17, 15) is 9.59 Å². The van der Waals surface area contributed by atoms with Crippen molar-refractivity contribution >= 4 is 11.4 Å². The lowest BCUT2D eigenvalue weighted by atomic mass is 9.87. The molecule has 5 nitrogen and oxygen atoms in total. The highest BCUT2D eigenvalue weighted by Gasteiger charge is 2.30.